The standard InChI is InChI=1S/C18H24N4O3/c1-11-15(25-17(20-11)12-5-6-12)18(24)22-8-3-4-13(10-22)14(23)16-19-7-9-21(16)2/h7,9,12-14,23H,3-6,8,10H2,1-2H3/t13-,14-/m1/s1. The third-order valence-corrected chi connectivity index (χ3v) is 5.25. The summed E-state index contributed by atoms with van der Waals surface area (Å²) in [6.45, 7) is 3.01. The Balaban J connectivity index is 1.49. The molecule has 2 aliphatic rings. The summed E-state index contributed by atoms with van der Waals surface area (Å²) >= 11 is 0. The minimum atomic E-state index is -0.673. The van der Waals surface area contributed by atoms with Gasteiger partial charge in [-0.05, 0) is 32.6 Å². The van der Waals surface area contributed by atoms with Crippen molar-refractivity contribution in [2.24, 2.45) is 13.0 Å². The van der Waals surface area contributed by atoms with Crippen LogP contribution in [0.5, 0.6) is 0 Å². The molecule has 0 bridgehead atoms. The molecule has 0 aromatic carbocycles. The number of likely N-dealkylation sites (tertiary alicyclic amines) is 1. The van der Waals surface area contributed by atoms with Crippen LogP contribution in [0, 0.1) is 12.8 Å². The van der Waals surface area contributed by atoms with Gasteiger partial charge in [0.05, 0.1) is 5.69 Å². The molecule has 25 heavy (non-hydrogen) atoms. The molecule has 2 aromatic rings. The van der Waals surface area contributed by atoms with Crippen LogP contribution in [0.4, 0.5) is 0 Å². The summed E-state index contributed by atoms with van der Waals surface area (Å²) < 4.78 is 7.59. The third-order valence-electron chi connectivity index (χ3n) is 5.25. The van der Waals surface area contributed by atoms with E-state index in [-0.39, 0.29) is 11.8 Å². The molecule has 1 saturated heterocycles. The van der Waals surface area contributed by atoms with Gasteiger partial charge in [-0.1, -0.05) is 0 Å². The monoisotopic (exact) mass is 344 g/mol. The third kappa shape index (κ3) is 3.08. The topological polar surface area (TPSA) is 84.4 Å². The van der Waals surface area contributed by atoms with Crippen molar-refractivity contribution >= 4 is 5.91 Å². The maximum absolute atomic E-state index is 12.9. The molecule has 1 aliphatic heterocycles. The minimum Gasteiger partial charge on any atom is -0.435 e. The van der Waals surface area contributed by atoms with Gasteiger partial charge in [-0.25, -0.2) is 9.97 Å². The van der Waals surface area contributed by atoms with E-state index < -0.39 is 6.10 Å². The highest BCUT2D eigenvalue weighted by molar-refractivity contribution is 5.92. The van der Waals surface area contributed by atoms with Crippen LogP contribution in [0.3, 0.4) is 0 Å². The van der Waals surface area contributed by atoms with Crippen LogP contribution in [0.25, 0.3) is 0 Å². The molecule has 2 aromatic heterocycles. The lowest BCUT2D eigenvalue weighted by Crippen LogP contribution is -2.42. The molecule has 1 aliphatic carbocycles. The number of aryl methyl sites for hydroxylation is 2. The van der Waals surface area contributed by atoms with Crippen LogP contribution in [0.1, 0.15) is 65.7 Å². The van der Waals surface area contributed by atoms with E-state index in [0.29, 0.717) is 42.2 Å². The fourth-order valence-corrected chi connectivity index (χ4v) is 3.59. The van der Waals surface area contributed by atoms with Crippen molar-refractivity contribution < 1.29 is 14.3 Å². The SMILES string of the molecule is Cc1nc(C2CC2)oc1C(=O)N1CCC[C@@H]([C@@H](O)c2nccn2C)C1. The fourth-order valence-electron chi connectivity index (χ4n) is 3.59. The highest BCUT2D eigenvalue weighted by atomic mass is 16.4. The van der Waals surface area contributed by atoms with Gasteiger partial charge >= 0.3 is 0 Å². The number of oxazole rings is 1. The number of hydrogen-bond acceptors (Lipinski definition) is 5. The van der Waals surface area contributed by atoms with E-state index in [9.17, 15) is 9.90 Å². The van der Waals surface area contributed by atoms with Crippen molar-refractivity contribution in [2.75, 3.05) is 13.1 Å². The molecule has 7 heteroatoms. The second-order valence-electron chi connectivity index (χ2n) is 7.24. The van der Waals surface area contributed by atoms with Gasteiger partial charge in [0.15, 0.2) is 5.89 Å². The van der Waals surface area contributed by atoms with Crippen LogP contribution in [-0.4, -0.2) is 43.5 Å². The number of rotatable bonds is 4. The van der Waals surface area contributed by atoms with E-state index in [1.54, 1.807) is 11.1 Å². The molecule has 3 heterocycles. The molecule has 1 saturated carbocycles. The lowest BCUT2D eigenvalue weighted by Gasteiger charge is -2.34. The Morgan fingerprint density at radius 2 is 2.20 bits per heavy atom. The second kappa shape index (κ2) is 6.29. The fraction of sp³-hybridized carbons (Fsp3) is 0.611. The molecule has 0 radical (unpaired) electrons. The molecule has 7 nitrogen and oxygen atoms in total. The minimum absolute atomic E-state index is 0.0232. The van der Waals surface area contributed by atoms with Gasteiger partial charge in [-0.2, -0.15) is 0 Å². The predicted molar refractivity (Wildman–Crippen MR) is 90.0 cm³/mol. The number of imidazole rings is 1. The van der Waals surface area contributed by atoms with Gasteiger partial charge in [0.1, 0.15) is 11.9 Å². The van der Waals surface area contributed by atoms with Gasteiger partial charge in [0.25, 0.3) is 5.91 Å². The first-order valence-corrected chi connectivity index (χ1v) is 8.96. The highest BCUT2D eigenvalue weighted by Gasteiger charge is 2.35. The normalized spacial score (nSPS) is 22.2. The van der Waals surface area contributed by atoms with Crippen molar-refractivity contribution in [1.29, 1.82) is 0 Å². The average Bonchev–Trinajstić information content (AvgIpc) is 3.27. The first kappa shape index (κ1) is 16.3. The van der Waals surface area contributed by atoms with E-state index in [0.717, 1.165) is 25.7 Å². The number of piperidine rings is 1. The first-order valence-electron chi connectivity index (χ1n) is 8.96. The number of aliphatic hydroxyl groups is 1. The van der Waals surface area contributed by atoms with Crippen molar-refractivity contribution in [1.82, 2.24) is 19.4 Å². The molecule has 0 spiro atoms. The molecule has 1 N–H and O–H groups in total. The summed E-state index contributed by atoms with van der Waals surface area (Å²) in [7, 11) is 1.87. The molecule has 4 rings (SSSR count). The molecular weight excluding hydrogens is 320 g/mol. The van der Waals surface area contributed by atoms with Gasteiger partial charge in [-0.15, -0.1) is 0 Å². The van der Waals surface area contributed by atoms with Crippen molar-refractivity contribution in [2.45, 2.75) is 44.6 Å². The quantitative estimate of drug-likeness (QED) is 0.919. The smallest absolute Gasteiger partial charge is 0.291 e. The molecule has 134 valence electrons. The Labute approximate surface area is 146 Å². The largest absolute Gasteiger partial charge is 0.435 e. The lowest BCUT2D eigenvalue weighted by atomic mass is 9.91. The Hall–Kier alpha value is -2.15. The second-order valence-corrected chi connectivity index (χ2v) is 7.24. The number of aliphatic hydroxyl groups excluding tert-OH is 1. The first-order chi connectivity index (χ1) is 12.0. The van der Waals surface area contributed by atoms with Crippen LogP contribution in [-0.2, 0) is 7.05 Å². The number of carbonyl (C=O) groups is 1. The Bertz CT molecular complexity index is 777. The summed E-state index contributed by atoms with van der Waals surface area (Å²) in [4.78, 5) is 23.3. The highest BCUT2D eigenvalue weighted by Crippen LogP contribution is 2.40. The van der Waals surface area contributed by atoms with Crippen LogP contribution >= 0.6 is 0 Å². The van der Waals surface area contributed by atoms with E-state index in [2.05, 4.69) is 9.97 Å². The van der Waals surface area contributed by atoms with Crippen LogP contribution in [0.2, 0.25) is 0 Å². The Morgan fingerprint density at radius 3 is 2.88 bits per heavy atom. The van der Waals surface area contributed by atoms with Gasteiger partial charge < -0.3 is 19.0 Å². The van der Waals surface area contributed by atoms with Crippen molar-refractivity contribution in [3.63, 3.8) is 0 Å². The molecule has 0 unspecified atom stereocenters. The maximum atomic E-state index is 12.9. The van der Waals surface area contributed by atoms with E-state index in [1.807, 2.05) is 24.7 Å². The summed E-state index contributed by atoms with van der Waals surface area (Å²) in [5.74, 6) is 1.95. The summed E-state index contributed by atoms with van der Waals surface area (Å²) in [6.07, 6.45) is 6.75. The number of carbonyl (C=O) groups excluding carboxylic acids is 1. The maximum Gasteiger partial charge on any atom is 0.291 e. The molecular formula is C18H24N4O3. The average molecular weight is 344 g/mol. The predicted octanol–water partition coefficient (Wildman–Crippen LogP) is 2.18. The van der Waals surface area contributed by atoms with E-state index in [1.165, 1.54) is 0 Å². The zero-order valence-corrected chi connectivity index (χ0v) is 14.7. The van der Waals surface area contributed by atoms with E-state index >= 15 is 0 Å². The molecule has 2 fully saturated rings. The van der Waals surface area contributed by atoms with Crippen molar-refractivity contribution in [3.8, 4) is 0 Å². The zero-order chi connectivity index (χ0) is 17.6. The van der Waals surface area contributed by atoms with Gasteiger partial charge in [0.2, 0.25) is 5.76 Å². The summed E-state index contributed by atoms with van der Waals surface area (Å²) in [5, 5.41) is 10.7. The number of hydrogen-bond donors (Lipinski definition) is 1. The van der Waals surface area contributed by atoms with Crippen molar-refractivity contribution in [3.05, 3.63) is 35.6 Å². The van der Waals surface area contributed by atoms with Gasteiger partial charge in [-0.3, -0.25) is 4.79 Å². The lowest BCUT2D eigenvalue weighted by molar-refractivity contribution is 0.0339. The Morgan fingerprint density at radius 1 is 1.40 bits per heavy atom. The number of aromatic nitrogens is 3. The Kier molecular flexibility index (Phi) is 4.11. The van der Waals surface area contributed by atoms with E-state index in [4.69, 9.17) is 4.42 Å². The zero-order valence-electron chi connectivity index (χ0n) is 14.7. The molecule has 2 atom stereocenters. The number of nitrogens with zero attached hydrogens (tertiary/aromatic N) is 4. The number of amides is 1. The summed E-state index contributed by atoms with van der Waals surface area (Å²) in [5.41, 5.74) is 0.665. The molecule has 1 amide bonds. The van der Waals surface area contributed by atoms with Gasteiger partial charge in [0, 0.05) is 44.4 Å². The van der Waals surface area contributed by atoms with Crippen LogP contribution < -0.4 is 0 Å². The summed E-state index contributed by atoms with van der Waals surface area (Å²) in [6, 6.07) is 0. The van der Waals surface area contributed by atoms with Crippen LogP contribution in [0.15, 0.2) is 16.8 Å².